The number of amides is 1. The Morgan fingerprint density at radius 3 is 2.50 bits per heavy atom. The second kappa shape index (κ2) is 12.1. The third-order valence-corrected chi connectivity index (χ3v) is 5.87. The number of aromatic hydroxyl groups is 1. The molecule has 0 fully saturated rings. The first-order chi connectivity index (χ1) is 18.0. The molecule has 200 valence electrons. The largest absolute Gasteiger partial charge is 0.507 e. The molecule has 1 aliphatic heterocycles. The van der Waals surface area contributed by atoms with Crippen molar-refractivity contribution >= 4 is 29.2 Å². The van der Waals surface area contributed by atoms with Crippen LogP contribution in [0.2, 0.25) is 0 Å². The van der Waals surface area contributed by atoms with E-state index in [9.17, 15) is 29.6 Å². The number of benzene rings is 2. The molecule has 0 saturated heterocycles. The first kappa shape index (κ1) is 28.0. The first-order valence-corrected chi connectivity index (χ1v) is 11.9. The Labute approximate surface area is 219 Å². The van der Waals surface area contributed by atoms with Crippen LogP contribution in [0.3, 0.4) is 0 Å². The zero-order chi connectivity index (χ0) is 28.0. The molecule has 1 aliphatic rings. The topological polar surface area (TPSA) is 157 Å². The monoisotopic (exact) mass is 523 g/mol. The molecule has 38 heavy (non-hydrogen) atoms. The van der Waals surface area contributed by atoms with Crippen molar-refractivity contribution in [3.63, 3.8) is 0 Å². The van der Waals surface area contributed by atoms with Gasteiger partial charge in [-0.05, 0) is 45.4 Å². The Morgan fingerprint density at radius 1 is 1.13 bits per heavy atom. The van der Waals surface area contributed by atoms with Gasteiger partial charge in [0.05, 0.1) is 28.7 Å². The summed E-state index contributed by atoms with van der Waals surface area (Å²) in [6.45, 7) is 6.36. The van der Waals surface area contributed by atoms with E-state index >= 15 is 0 Å². The molecule has 0 saturated carbocycles. The van der Waals surface area contributed by atoms with E-state index in [1.807, 2.05) is 0 Å². The van der Waals surface area contributed by atoms with Gasteiger partial charge in [-0.2, -0.15) is 0 Å². The van der Waals surface area contributed by atoms with Gasteiger partial charge in [-0.15, -0.1) is 0 Å². The summed E-state index contributed by atoms with van der Waals surface area (Å²) in [5, 5.41) is 23.8. The second-order valence-electron chi connectivity index (χ2n) is 8.95. The van der Waals surface area contributed by atoms with Crippen LogP contribution in [-0.4, -0.2) is 52.8 Å². The fraction of sp³-hybridized carbons (Fsp3) is 0.333. The Balaban J connectivity index is 1.85. The van der Waals surface area contributed by atoms with Crippen molar-refractivity contribution in [2.24, 2.45) is 10.9 Å². The van der Waals surface area contributed by atoms with Gasteiger partial charge in [-0.25, -0.2) is 4.79 Å². The molecule has 2 aromatic carbocycles. The van der Waals surface area contributed by atoms with Gasteiger partial charge in [-0.3, -0.25) is 24.7 Å². The molecule has 1 unspecified atom stereocenters. The SMILES string of the molecule is CC1=NC(C)=C(C(=O)OC(C)C)[C@H](c2cccc([N+](=O)[O-])c2)C1C(=O)OCCNC(=O)c1ccccc1O. The Hall–Kier alpha value is -4.54. The summed E-state index contributed by atoms with van der Waals surface area (Å²) in [5.74, 6) is -4.13. The van der Waals surface area contributed by atoms with Crippen molar-refractivity contribution in [2.45, 2.75) is 39.7 Å². The zero-order valence-electron chi connectivity index (χ0n) is 21.5. The summed E-state index contributed by atoms with van der Waals surface area (Å²) >= 11 is 0. The quantitative estimate of drug-likeness (QED) is 0.218. The molecule has 1 heterocycles. The van der Waals surface area contributed by atoms with Crippen LogP contribution in [0.1, 0.15) is 49.5 Å². The molecule has 0 radical (unpaired) electrons. The van der Waals surface area contributed by atoms with Crippen molar-refractivity contribution in [3.8, 4) is 5.75 Å². The van der Waals surface area contributed by atoms with Crippen LogP contribution in [0.15, 0.2) is 64.8 Å². The van der Waals surface area contributed by atoms with Gasteiger partial charge < -0.3 is 19.9 Å². The number of nitrogens with one attached hydrogen (secondary N) is 1. The lowest BCUT2D eigenvalue weighted by molar-refractivity contribution is -0.384. The number of phenols is 1. The smallest absolute Gasteiger partial charge is 0.336 e. The maximum absolute atomic E-state index is 13.3. The number of nitro benzene ring substituents is 1. The van der Waals surface area contributed by atoms with E-state index in [2.05, 4.69) is 10.3 Å². The van der Waals surface area contributed by atoms with Crippen molar-refractivity contribution in [1.82, 2.24) is 5.32 Å². The van der Waals surface area contributed by atoms with Crippen LogP contribution >= 0.6 is 0 Å². The number of phenolic OH excluding ortho intramolecular Hbond substituents is 1. The lowest BCUT2D eigenvalue weighted by Crippen LogP contribution is -2.38. The molecule has 0 bridgehead atoms. The molecule has 0 spiro atoms. The minimum Gasteiger partial charge on any atom is -0.507 e. The van der Waals surface area contributed by atoms with Crippen LogP contribution in [-0.2, 0) is 19.1 Å². The first-order valence-electron chi connectivity index (χ1n) is 11.9. The molecular formula is C27H29N3O8. The van der Waals surface area contributed by atoms with Crippen molar-refractivity contribution < 1.29 is 33.9 Å². The van der Waals surface area contributed by atoms with Gasteiger partial charge in [0.2, 0.25) is 0 Å². The molecule has 2 aromatic rings. The predicted molar refractivity (Wildman–Crippen MR) is 138 cm³/mol. The minimum atomic E-state index is -1.07. The number of hydrogen-bond donors (Lipinski definition) is 2. The van der Waals surface area contributed by atoms with Crippen molar-refractivity contribution in [3.05, 3.63) is 81.0 Å². The Kier molecular flexibility index (Phi) is 8.95. The normalized spacial score (nSPS) is 17.0. The molecule has 2 N–H and O–H groups in total. The number of nitro groups is 1. The number of esters is 2. The van der Waals surface area contributed by atoms with Gasteiger partial charge in [-0.1, -0.05) is 24.3 Å². The van der Waals surface area contributed by atoms with Crippen LogP contribution in [0, 0.1) is 16.0 Å². The predicted octanol–water partition coefficient (Wildman–Crippen LogP) is 3.67. The second-order valence-corrected chi connectivity index (χ2v) is 8.95. The van der Waals surface area contributed by atoms with Gasteiger partial charge in [0.25, 0.3) is 11.6 Å². The summed E-state index contributed by atoms with van der Waals surface area (Å²) in [5.41, 5.74) is 1.05. The van der Waals surface area contributed by atoms with E-state index in [-0.39, 0.29) is 35.7 Å². The van der Waals surface area contributed by atoms with Crippen LogP contribution in [0.5, 0.6) is 5.75 Å². The number of aliphatic imine (C=N–C) groups is 1. The van der Waals surface area contributed by atoms with Crippen LogP contribution in [0.25, 0.3) is 0 Å². The van der Waals surface area contributed by atoms with Crippen LogP contribution < -0.4 is 5.32 Å². The maximum atomic E-state index is 13.3. The summed E-state index contributed by atoms with van der Waals surface area (Å²) in [6.07, 6.45) is -0.446. The molecule has 0 aliphatic carbocycles. The molecule has 1 amide bonds. The third-order valence-electron chi connectivity index (χ3n) is 5.87. The number of hydrogen-bond acceptors (Lipinski definition) is 9. The van der Waals surface area contributed by atoms with Crippen molar-refractivity contribution in [2.75, 3.05) is 13.2 Å². The average molecular weight is 524 g/mol. The Morgan fingerprint density at radius 2 is 1.84 bits per heavy atom. The van der Waals surface area contributed by atoms with Crippen molar-refractivity contribution in [1.29, 1.82) is 0 Å². The summed E-state index contributed by atoms with van der Waals surface area (Å²) < 4.78 is 10.8. The van der Waals surface area contributed by atoms with E-state index in [0.29, 0.717) is 17.0 Å². The summed E-state index contributed by atoms with van der Waals surface area (Å²) in [7, 11) is 0. The van der Waals surface area contributed by atoms with Crippen LogP contribution in [0.4, 0.5) is 5.69 Å². The standard InChI is InChI=1S/C27H29N3O8/c1-15(2)38-27(34)23-17(4)29-16(3)22(24(23)18-8-7-9-19(14-18)30(35)36)26(33)37-13-12-28-25(32)20-10-5-6-11-21(20)31/h5-11,14-15,22,24,31H,12-13H2,1-4H3,(H,28,32)/t22?,24-/m1/s1. The number of allylic oxidation sites excluding steroid dienone is 1. The highest BCUT2D eigenvalue weighted by atomic mass is 16.6. The highest BCUT2D eigenvalue weighted by Gasteiger charge is 2.43. The van der Waals surface area contributed by atoms with Gasteiger partial charge in [0.1, 0.15) is 18.3 Å². The van der Waals surface area contributed by atoms with E-state index in [4.69, 9.17) is 9.47 Å². The van der Waals surface area contributed by atoms with E-state index in [1.165, 1.54) is 30.3 Å². The number of nitrogens with zero attached hydrogens (tertiary/aromatic N) is 2. The number of ether oxygens (including phenoxy) is 2. The molecular weight excluding hydrogens is 494 g/mol. The molecule has 3 rings (SSSR count). The number of non-ortho nitro benzene ring substituents is 1. The number of carbonyl (C=O) groups is 3. The number of carbonyl (C=O) groups excluding carboxylic acids is 3. The van der Waals surface area contributed by atoms with Gasteiger partial charge >= 0.3 is 11.9 Å². The Bertz CT molecular complexity index is 1310. The minimum absolute atomic E-state index is 0.0413. The maximum Gasteiger partial charge on any atom is 0.336 e. The highest BCUT2D eigenvalue weighted by Crippen LogP contribution is 2.41. The van der Waals surface area contributed by atoms with E-state index < -0.39 is 40.7 Å². The van der Waals surface area contributed by atoms with E-state index in [1.54, 1.807) is 45.9 Å². The number of para-hydroxylation sites is 1. The fourth-order valence-corrected chi connectivity index (χ4v) is 4.24. The zero-order valence-corrected chi connectivity index (χ0v) is 21.5. The fourth-order valence-electron chi connectivity index (χ4n) is 4.24. The molecule has 2 atom stereocenters. The molecule has 0 aromatic heterocycles. The average Bonchev–Trinajstić information content (AvgIpc) is 2.85. The summed E-state index contributed by atoms with van der Waals surface area (Å²) in [4.78, 5) is 54.0. The lowest BCUT2D eigenvalue weighted by atomic mass is 9.75. The molecule has 11 heteroatoms. The third kappa shape index (κ3) is 6.41. The lowest BCUT2D eigenvalue weighted by Gasteiger charge is -2.31. The highest BCUT2D eigenvalue weighted by molar-refractivity contribution is 6.07. The van der Waals surface area contributed by atoms with Gasteiger partial charge in [0, 0.05) is 29.5 Å². The summed E-state index contributed by atoms with van der Waals surface area (Å²) in [6, 6.07) is 11.7. The van der Waals surface area contributed by atoms with E-state index in [0.717, 1.165) is 0 Å². The number of rotatable bonds is 9. The molecule has 11 nitrogen and oxygen atoms in total. The van der Waals surface area contributed by atoms with Gasteiger partial charge in [0.15, 0.2) is 0 Å².